The van der Waals surface area contributed by atoms with Crippen LogP contribution in [0.5, 0.6) is 0 Å². The van der Waals surface area contributed by atoms with E-state index < -0.39 is 5.82 Å². The Morgan fingerprint density at radius 3 is 2.75 bits per heavy atom. The van der Waals surface area contributed by atoms with Gasteiger partial charge in [0.05, 0.1) is 10.4 Å². The summed E-state index contributed by atoms with van der Waals surface area (Å²) in [5, 5.41) is 16.5. The van der Waals surface area contributed by atoms with Crippen LogP contribution in [0.2, 0.25) is 5.02 Å². The van der Waals surface area contributed by atoms with Gasteiger partial charge in [-0.3, -0.25) is 15.1 Å². The highest BCUT2D eigenvalue weighted by Crippen LogP contribution is 2.29. The molecule has 0 bridgehead atoms. The van der Waals surface area contributed by atoms with Crippen molar-refractivity contribution in [2.24, 2.45) is 0 Å². The molecule has 2 aromatic carbocycles. The molecule has 4 aromatic rings. The highest BCUT2D eigenvalue weighted by atomic mass is 35.5. The van der Waals surface area contributed by atoms with Crippen LogP contribution in [-0.2, 0) is 5.75 Å². The summed E-state index contributed by atoms with van der Waals surface area (Å²) in [7, 11) is 0. The monoisotopic (exact) mass is 417 g/mol. The summed E-state index contributed by atoms with van der Waals surface area (Å²) < 4.78 is 29.5. The molecule has 0 fully saturated rings. The first-order valence-electron chi connectivity index (χ1n) is 8.29. The Hall–Kier alpha value is -2.71. The molecule has 0 aliphatic rings. The van der Waals surface area contributed by atoms with Crippen LogP contribution in [0, 0.1) is 24.0 Å². The summed E-state index contributed by atoms with van der Waals surface area (Å²) >= 11 is 7.50. The van der Waals surface area contributed by atoms with Gasteiger partial charge in [-0.25, -0.2) is 13.8 Å². The third-order valence-corrected chi connectivity index (χ3v) is 5.51. The van der Waals surface area contributed by atoms with Crippen LogP contribution >= 0.6 is 23.4 Å². The molecular weight excluding hydrogens is 404 g/mol. The molecule has 9 heteroatoms. The summed E-state index contributed by atoms with van der Waals surface area (Å²) in [5.41, 5.74) is 1.81. The van der Waals surface area contributed by atoms with E-state index >= 15 is 0 Å². The number of aromatic amines is 1. The van der Waals surface area contributed by atoms with Crippen LogP contribution in [0.3, 0.4) is 0 Å². The minimum Gasteiger partial charge on any atom is -0.283 e. The van der Waals surface area contributed by atoms with Crippen molar-refractivity contribution in [1.82, 2.24) is 19.7 Å². The molecule has 28 heavy (non-hydrogen) atoms. The van der Waals surface area contributed by atoms with E-state index in [1.807, 2.05) is 0 Å². The minimum atomic E-state index is -0.569. The molecule has 0 unspecified atom stereocenters. The maximum absolute atomic E-state index is 14.6. The number of fused-ring (bicyclic) bond motifs is 1. The van der Waals surface area contributed by atoms with E-state index in [0.29, 0.717) is 27.6 Å². The number of halogens is 3. The molecule has 0 spiro atoms. The van der Waals surface area contributed by atoms with Gasteiger partial charge < -0.3 is 0 Å². The van der Waals surface area contributed by atoms with Crippen molar-refractivity contribution in [3.63, 3.8) is 0 Å². The summed E-state index contributed by atoms with van der Waals surface area (Å²) in [4.78, 5) is 4.50. The molecule has 0 amide bonds. The first-order valence-corrected chi connectivity index (χ1v) is 9.66. The van der Waals surface area contributed by atoms with Crippen molar-refractivity contribution in [2.75, 3.05) is 0 Å². The van der Waals surface area contributed by atoms with Crippen molar-refractivity contribution < 1.29 is 8.78 Å². The zero-order chi connectivity index (χ0) is 19.8. The Labute approximate surface area is 167 Å². The number of rotatable bonds is 4. The van der Waals surface area contributed by atoms with Crippen molar-refractivity contribution in [3.05, 3.63) is 75.9 Å². The lowest BCUT2D eigenvalue weighted by Gasteiger charge is -2.15. The van der Waals surface area contributed by atoms with Crippen molar-refractivity contribution in [3.8, 4) is 5.69 Å². The lowest BCUT2D eigenvalue weighted by atomic mass is 10.2. The molecule has 2 N–H and O–H groups in total. The molecule has 4 rings (SSSR count). The van der Waals surface area contributed by atoms with Gasteiger partial charge in [-0.15, -0.1) is 0 Å². The summed E-state index contributed by atoms with van der Waals surface area (Å²) in [6, 6.07) is 10.5. The second kappa shape index (κ2) is 7.37. The molecule has 2 aromatic heterocycles. The van der Waals surface area contributed by atoms with Gasteiger partial charge in [0.1, 0.15) is 22.8 Å². The zero-order valence-corrected chi connectivity index (χ0v) is 16.2. The molecule has 0 saturated heterocycles. The smallest absolute Gasteiger partial charge is 0.187 e. The molecule has 5 nitrogen and oxygen atoms in total. The van der Waals surface area contributed by atoms with Crippen LogP contribution in [-0.4, -0.2) is 19.7 Å². The lowest BCUT2D eigenvalue weighted by molar-refractivity contribution is 0.605. The number of hydrogen-bond acceptors (Lipinski definition) is 4. The number of benzene rings is 2. The molecule has 2 heterocycles. The van der Waals surface area contributed by atoms with Gasteiger partial charge in [0, 0.05) is 11.4 Å². The number of nitrogens with one attached hydrogen (secondary N) is 2. The number of aryl methyl sites for hydroxylation is 1. The topological polar surface area (TPSA) is 70.3 Å². The SMILES string of the molecule is Cc1[nH]nc2nc(SCc3cccc(F)c3)n(-c3c(F)cccc3Cl)c(=N)c12. The number of aromatic nitrogens is 4. The quantitative estimate of drug-likeness (QED) is 0.371. The number of nitrogens with zero attached hydrogens (tertiary/aromatic N) is 3. The molecule has 142 valence electrons. The number of thioether (sulfide) groups is 1. The van der Waals surface area contributed by atoms with Crippen molar-refractivity contribution in [1.29, 1.82) is 5.41 Å². The number of H-pyrrole nitrogens is 1. The normalized spacial score (nSPS) is 11.3. The molecule has 0 atom stereocenters. The van der Waals surface area contributed by atoms with Crippen LogP contribution < -0.4 is 5.49 Å². The van der Waals surface area contributed by atoms with Crippen molar-refractivity contribution in [2.45, 2.75) is 17.8 Å². The van der Waals surface area contributed by atoms with Crippen LogP contribution in [0.15, 0.2) is 47.6 Å². The summed E-state index contributed by atoms with van der Waals surface area (Å²) in [6.07, 6.45) is 0. The summed E-state index contributed by atoms with van der Waals surface area (Å²) in [5.74, 6) is -0.526. The van der Waals surface area contributed by atoms with Crippen LogP contribution in [0.4, 0.5) is 8.78 Å². The minimum absolute atomic E-state index is 0.0185. The standard InChI is InChI=1S/C19H14ClF2N5S/c1-10-15-17(23)27(16-13(20)6-3-7-14(16)22)19(24-18(15)26-25-10)28-9-11-4-2-5-12(21)8-11/h2-8,23H,9H2,1H3,(H,25,26). The largest absolute Gasteiger partial charge is 0.283 e. The average Bonchev–Trinajstić information content (AvgIpc) is 3.03. The molecule has 0 aliphatic heterocycles. The van der Waals surface area contributed by atoms with Crippen LogP contribution in [0.1, 0.15) is 11.3 Å². The predicted octanol–water partition coefficient (Wildman–Crippen LogP) is 4.76. The molecular formula is C19H14ClF2N5S. The average molecular weight is 418 g/mol. The third kappa shape index (κ3) is 3.29. The third-order valence-electron chi connectivity index (χ3n) is 4.20. The first kappa shape index (κ1) is 18.6. The Balaban J connectivity index is 1.91. The second-order valence-corrected chi connectivity index (χ2v) is 7.46. The zero-order valence-electron chi connectivity index (χ0n) is 14.6. The van der Waals surface area contributed by atoms with Gasteiger partial charge in [-0.05, 0) is 36.8 Å². The van der Waals surface area contributed by atoms with E-state index in [2.05, 4.69) is 15.2 Å². The molecule has 0 radical (unpaired) electrons. The van der Waals surface area contributed by atoms with E-state index in [0.717, 1.165) is 5.56 Å². The van der Waals surface area contributed by atoms with E-state index in [4.69, 9.17) is 17.0 Å². The highest BCUT2D eigenvalue weighted by molar-refractivity contribution is 7.98. The number of hydrogen-bond donors (Lipinski definition) is 2. The fraction of sp³-hybridized carbons (Fsp3) is 0.105. The highest BCUT2D eigenvalue weighted by Gasteiger charge is 2.19. The summed E-state index contributed by atoms with van der Waals surface area (Å²) in [6.45, 7) is 1.77. The van der Waals surface area contributed by atoms with Gasteiger partial charge in [0.2, 0.25) is 0 Å². The first-order chi connectivity index (χ1) is 13.5. The Morgan fingerprint density at radius 2 is 2.00 bits per heavy atom. The van der Waals surface area contributed by atoms with Gasteiger partial charge in [-0.1, -0.05) is 41.6 Å². The maximum atomic E-state index is 14.6. The van der Waals surface area contributed by atoms with Gasteiger partial charge >= 0.3 is 0 Å². The molecule has 0 saturated carbocycles. The fourth-order valence-corrected chi connectivity index (χ4v) is 4.10. The van der Waals surface area contributed by atoms with E-state index in [9.17, 15) is 8.78 Å². The Bertz CT molecular complexity index is 1230. The number of para-hydroxylation sites is 1. The van der Waals surface area contributed by atoms with E-state index in [1.54, 1.807) is 25.1 Å². The lowest BCUT2D eigenvalue weighted by Crippen LogP contribution is -2.23. The van der Waals surface area contributed by atoms with Gasteiger partial charge in [0.15, 0.2) is 10.8 Å². The Kier molecular flexibility index (Phi) is 4.91. The fourth-order valence-electron chi connectivity index (χ4n) is 2.91. The predicted molar refractivity (Wildman–Crippen MR) is 105 cm³/mol. The van der Waals surface area contributed by atoms with Crippen LogP contribution in [0.25, 0.3) is 16.7 Å². The maximum Gasteiger partial charge on any atom is 0.187 e. The molecule has 0 aliphatic carbocycles. The Morgan fingerprint density at radius 1 is 1.21 bits per heavy atom. The van der Waals surface area contributed by atoms with E-state index in [-0.39, 0.29) is 22.0 Å². The van der Waals surface area contributed by atoms with Gasteiger partial charge in [-0.2, -0.15) is 5.10 Å². The van der Waals surface area contributed by atoms with Crippen molar-refractivity contribution >= 4 is 34.4 Å². The van der Waals surface area contributed by atoms with Gasteiger partial charge in [0.25, 0.3) is 0 Å². The van der Waals surface area contributed by atoms with E-state index in [1.165, 1.54) is 40.6 Å². The second-order valence-electron chi connectivity index (χ2n) is 6.11.